The minimum absolute atomic E-state index is 0. The fourth-order valence-electron chi connectivity index (χ4n) is 1.88. The van der Waals surface area contributed by atoms with Gasteiger partial charge in [-0.3, -0.25) is 4.57 Å². The van der Waals surface area contributed by atoms with Crippen LogP contribution in [-0.4, -0.2) is 39.4 Å². The minimum Gasteiger partial charge on any atom is -0.790 e. The van der Waals surface area contributed by atoms with Crippen LogP contribution >= 0.6 is 7.82 Å². The molecule has 0 amide bonds. The number of aromatic nitrogens is 2. The molecule has 1 fully saturated rings. The van der Waals surface area contributed by atoms with Crippen LogP contribution in [0, 0.1) is 0 Å². The van der Waals surface area contributed by atoms with Gasteiger partial charge in [0, 0.05) is 6.20 Å². The fourth-order valence-corrected chi connectivity index (χ4v) is 2.20. The van der Waals surface area contributed by atoms with Gasteiger partial charge < -0.3 is 34.5 Å². The summed E-state index contributed by atoms with van der Waals surface area (Å²) in [7, 11) is -5.43. The number of halogens is 2. The molecule has 24 heavy (non-hydrogen) atoms. The van der Waals surface area contributed by atoms with Crippen molar-refractivity contribution in [3.63, 3.8) is 0 Å². The second-order valence-corrected chi connectivity index (χ2v) is 5.58. The number of aliphatic hydroxyl groups excluding tert-OH is 1. The molecule has 0 saturated carbocycles. The van der Waals surface area contributed by atoms with Gasteiger partial charge in [-0.1, -0.05) is 0 Å². The van der Waals surface area contributed by atoms with Crippen molar-refractivity contribution in [3.05, 3.63) is 22.7 Å². The third-order valence-corrected chi connectivity index (χ3v) is 3.35. The molecular formula is C9H10F2N3Na2O7P. The number of phosphoric ester groups is 1. The Kier molecular flexibility index (Phi) is 9.19. The van der Waals surface area contributed by atoms with Crippen molar-refractivity contribution in [1.82, 2.24) is 9.55 Å². The predicted molar refractivity (Wildman–Crippen MR) is 61.3 cm³/mol. The van der Waals surface area contributed by atoms with Crippen molar-refractivity contribution in [2.24, 2.45) is 0 Å². The van der Waals surface area contributed by atoms with Crippen LogP contribution in [0.3, 0.4) is 0 Å². The molecule has 0 aromatic carbocycles. The summed E-state index contributed by atoms with van der Waals surface area (Å²) in [4.78, 5) is 35.5. The molecule has 0 aliphatic carbocycles. The Morgan fingerprint density at radius 2 is 2.08 bits per heavy atom. The summed E-state index contributed by atoms with van der Waals surface area (Å²) in [6.45, 7) is -1.12. The molecule has 15 heteroatoms. The number of aliphatic hydroxyl groups is 1. The molecule has 0 bridgehead atoms. The first-order valence-electron chi connectivity index (χ1n) is 5.75. The number of alkyl halides is 2. The van der Waals surface area contributed by atoms with Crippen LogP contribution in [0.4, 0.5) is 14.6 Å². The summed E-state index contributed by atoms with van der Waals surface area (Å²) >= 11 is 0. The second-order valence-electron chi connectivity index (χ2n) is 4.43. The molecular weight excluding hydrogens is 377 g/mol. The number of nitrogen functional groups attached to an aromatic ring is 1. The van der Waals surface area contributed by atoms with E-state index in [4.69, 9.17) is 10.5 Å². The normalized spacial score (nSPS) is 25.6. The van der Waals surface area contributed by atoms with Crippen molar-refractivity contribution in [1.29, 1.82) is 0 Å². The maximum atomic E-state index is 14.0. The van der Waals surface area contributed by atoms with Crippen LogP contribution in [0.2, 0.25) is 0 Å². The van der Waals surface area contributed by atoms with E-state index in [1.54, 1.807) is 0 Å². The van der Waals surface area contributed by atoms with Gasteiger partial charge in [-0.2, -0.15) is 13.8 Å². The topological polar surface area (TPSA) is 163 Å². The SMILES string of the molecule is Nc1ccn([C@@H]2O[C@H](COP(=O)([O-])[O-])C(O)C2(F)F)c(=O)n1.[Na+].[Na+]. The fraction of sp³-hybridized carbons (Fsp3) is 0.556. The molecule has 1 unspecified atom stereocenters. The maximum Gasteiger partial charge on any atom is 1.00 e. The van der Waals surface area contributed by atoms with E-state index in [1.165, 1.54) is 0 Å². The zero-order chi connectivity index (χ0) is 16.7. The van der Waals surface area contributed by atoms with Gasteiger partial charge >= 0.3 is 70.7 Å². The van der Waals surface area contributed by atoms with Gasteiger partial charge in [0.15, 0.2) is 6.10 Å². The Hall–Kier alpha value is 0.570. The predicted octanol–water partition coefficient (Wildman–Crippen LogP) is -8.43. The summed E-state index contributed by atoms with van der Waals surface area (Å²) < 4.78 is 47.2. The van der Waals surface area contributed by atoms with E-state index >= 15 is 0 Å². The van der Waals surface area contributed by atoms with Crippen molar-refractivity contribution >= 4 is 13.6 Å². The van der Waals surface area contributed by atoms with Crippen LogP contribution < -0.4 is 80.3 Å². The van der Waals surface area contributed by atoms with Gasteiger partial charge in [0.25, 0.3) is 0 Å². The van der Waals surface area contributed by atoms with Gasteiger partial charge in [-0.15, -0.1) is 0 Å². The van der Waals surface area contributed by atoms with Crippen molar-refractivity contribution in [2.75, 3.05) is 12.3 Å². The molecule has 0 spiro atoms. The van der Waals surface area contributed by atoms with Crippen molar-refractivity contribution in [2.45, 2.75) is 24.4 Å². The zero-order valence-electron chi connectivity index (χ0n) is 12.7. The van der Waals surface area contributed by atoms with Gasteiger partial charge in [-0.25, -0.2) is 4.79 Å². The molecule has 1 aromatic heterocycles. The molecule has 1 aromatic rings. The number of nitrogens with zero attached hydrogens (tertiary/aromatic N) is 2. The number of ether oxygens (including phenoxy) is 1. The van der Waals surface area contributed by atoms with Crippen molar-refractivity contribution < 1.29 is 96.6 Å². The number of anilines is 1. The summed E-state index contributed by atoms with van der Waals surface area (Å²) in [5.41, 5.74) is 4.07. The summed E-state index contributed by atoms with van der Waals surface area (Å²) in [5, 5.41) is 9.48. The van der Waals surface area contributed by atoms with Gasteiger partial charge in [-0.05, 0) is 6.07 Å². The average Bonchev–Trinajstić information content (AvgIpc) is 2.59. The summed E-state index contributed by atoms with van der Waals surface area (Å²) in [6, 6.07) is 1.06. The second kappa shape index (κ2) is 8.98. The first kappa shape index (κ1) is 24.6. The Labute approximate surface area is 178 Å². The largest absolute Gasteiger partial charge is 1.00 e. The number of hydrogen-bond donors (Lipinski definition) is 2. The van der Waals surface area contributed by atoms with Crippen LogP contribution in [0.5, 0.6) is 0 Å². The summed E-state index contributed by atoms with van der Waals surface area (Å²) in [6.07, 6.45) is -5.70. The first-order valence-corrected chi connectivity index (χ1v) is 7.21. The Morgan fingerprint density at radius 1 is 1.50 bits per heavy atom. The Morgan fingerprint density at radius 3 is 2.58 bits per heavy atom. The quantitative estimate of drug-likeness (QED) is 0.377. The molecule has 1 saturated heterocycles. The van der Waals surface area contributed by atoms with Crippen LogP contribution in [0.15, 0.2) is 17.1 Å². The average molecular weight is 387 g/mol. The number of hydrogen-bond acceptors (Lipinski definition) is 9. The molecule has 3 atom stereocenters. The molecule has 1 aliphatic rings. The monoisotopic (exact) mass is 387 g/mol. The first-order chi connectivity index (χ1) is 10.0. The molecule has 1 aliphatic heterocycles. The third kappa shape index (κ3) is 5.53. The minimum atomic E-state index is -5.43. The van der Waals surface area contributed by atoms with E-state index in [-0.39, 0.29) is 64.9 Å². The molecule has 10 nitrogen and oxygen atoms in total. The van der Waals surface area contributed by atoms with E-state index in [9.17, 15) is 33.0 Å². The van der Waals surface area contributed by atoms with Crippen molar-refractivity contribution in [3.8, 4) is 0 Å². The standard InChI is InChI=1S/C9H12F2N3O7P.2Na/c10-9(11)6(15)4(3-20-22(17,18)19)21-7(9)14-2-1-5(12)13-8(14)16;;/h1-2,4,6-7,15H,3H2,(H2,12,13,16)(H2,17,18,19);;/q;2*+1/p-2/t4-,6?,7-;;/m1../s1. The van der Waals surface area contributed by atoms with Crippen LogP contribution in [-0.2, 0) is 13.8 Å². The summed E-state index contributed by atoms with van der Waals surface area (Å²) in [5.74, 6) is -4.16. The zero-order valence-corrected chi connectivity index (χ0v) is 17.6. The smallest absolute Gasteiger partial charge is 0.790 e. The maximum absolute atomic E-state index is 14.0. The van der Waals surface area contributed by atoms with E-state index in [0.29, 0.717) is 4.57 Å². The van der Waals surface area contributed by atoms with E-state index in [0.717, 1.165) is 12.3 Å². The van der Waals surface area contributed by atoms with Gasteiger partial charge in [0.05, 0.1) is 14.4 Å². The number of phosphoric acid groups is 1. The number of rotatable bonds is 4. The van der Waals surface area contributed by atoms with Gasteiger partial charge in [0.2, 0.25) is 6.23 Å². The molecule has 2 rings (SSSR count). The van der Waals surface area contributed by atoms with Gasteiger partial charge in [0.1, 0.15) is 11.9 Å². The molecule has 3 N–H and O–H groups in total. The third-order valence-electron chi connectivity index (χ3n) is 2.88. The molecule has 2 heterocycles. The van der Waals surface area contributed by atoms with E-state index < -0.39 is 44.5 Å². The molecule has 0 radical (unpaired) electrons. The molecule has 124 valence electrons. The van der Waals surface area contributed by atoms with Crippen LogP contribution in [0.25, 0.3) is 0 Å². The Bertz CT molecular complexity index is 673. The van der Waals surface area contributed by atoms with Crippen LogP contribution in [0.1, 0.15) is 6.23 Å². The number of nitrogens with two attached hydrogens (primary N) is 1. The Balaban J connectivity index is 0.00000264. The van der Waals surface area contributed by atoms with E-state index in [1.807, 2.05) is 0 Å². The van der Waals surface area contributed by atoms with E-state index in [2.05, 4.69) is 9.51 Å².